The van der Waals surface area contributed by atoms with E-state index in [9.17, 15) is 9.90 Å². The largest absolute Gasteiger partial charge is 0.495 e. The number of carbonyl (C=O) groups excluding carboxylic acids is 1. The Morgan fingerprint density at radius 3 is 3.00 bits per heavy atom. The Morgan fingerprint density at radius 1 is 1.58 bits per heavy atom. The van der Waals surface area contributed by atoms with Crippen molar-refractivity contribution in [1.82, 2.24) is 4.90 Å². The van der Waals surface area contributed by atoms with Gasteiger partial charge in [0.25, 0.3) is 0 Å². The number of aliphatic hydroxyl groups is 1. The maximum Gasteiger partial charge on any atom is 0.321 e. The number of nitrogens with zero attached hydrogens (tertiary/aromatic N) is 1. The highest BCUT2D eigenvalue weighted by molar-refractivity contribution is 6.32. The van der Waals surface area contributed by atoms with Crippen molar-refractivity contribution in [2.24, 2.45) is 0 Å². The smallest absolute Gasteiger partial charge is 0.321 e. The molecule has 1 aromatic rings. The fourth-order valence-electron chi connectivity index (χ4n) is 2.09. The van der Waals surface area contributed by atoms with Crippen LogP contribution in [0.4, 0.5) is 10.5 Å². The van der Waals surface area contributed by atoms with Crippen molar-refractivity contribution < 1.29 is 14.6 Å². The number of halogens is 1. The number of hydrogen-bond acceptors (Lipinski definition) is 3. The number of β-amino-alcohol motifs (C(OH)–C–C–N with tert-alkyl or cyclic N) is 1. The number of rotatable bonds is 2. The molecule has 1 atom stereocenters. The Kier molecular flexibility index (Phi) is 4.50. The van der Waals surface area contributed by atoms with Crippen molar-refractivity contribution in [2.75, 3.05) is 25.5 Å². The van der Waals surface area contributed by atoms with Crippen molar-refractivity contribution in [3.8, 4) is 5.75 Å². The standard InChI is InChI=1S/C13H17ClN2O3/c1-19-12-5-4-9(7-11(12)14)15-13(18)16-6-2-3-10(17)8-16/h4-5,7,10,17H,2-3,6,8H2,1H3,(H,15,18). The van der Waals surface area contributed by atoms with Gasteiger partial charge in [0.05, 0.1) is 18.2 Å². The summed E-state index contributed by atoms with van der Waals surface area (Å²) in [6.45, 7) is 1.03. The van der Waals surface area contributed by atoms with Crippen LogP contribution in [0.5, 0.6) is 5.75 Å². The Labute approximate surface area is 117 Å². The second-order valence-electron chi connectivity index (χ2n) is 4.52. The summed E-state index contributed by atoms with van der Waals surface area (Å²) >= 11 is 5.99. The van der Waals surface area contributed by atoms with Crippen LogP contribution in [0.3, 0.4) is 0 Å². The molecule has 0 spiro atoms. The molecular weight excluding hydrogens is 268 g/mol. The predicted molar refractivity (Wildman–Crippen MR) is 73.8 cm³/mol. The van der Waals surface area contributed by atoms with Gasteiger partial charge in [-0.05, 0) is 31.0 Å². The summed E-state index contributed by atoms with van der Waals surface area (Å²) in [4.78, 5) is 13.6. The molecule has 1 aliphatic rings. The fraction of sp³-hybridized carbons (Fsp3) is 0.462. The zero-order valence-electron chi connectivity index (χ0n) is 10.7. The number of aliphatic hydroxyl groups excluding tert-OH is 1. The van der Waals surface area contributed by atoms with E-state index in [-0.39, 0.29) is 6.03 Å². The Morgan fingerprint density at radius 2 is 2.37 bits per heavy atom. The van der Waals surface area contributed by atoms with Gasteiger partial charge in [0.15, 0.2) is 0 Å². The molecule has 0 saturated carbocycles. The lowest BCUT2D eigenvalue weighted by Gasteiger charge is -2.30. The molecule has 1 unspecified atom stereocenters. The van der Waals surface area contributed by atoms with Gasteiger partial charge in [-0.1, -0.05) is 11.6 Å². The number of likely N-dealkylation sites (tertiary alicyclic amines) is 1. The zero-order valence-corrected chi connectivity index (χ0v) is 11.5. The molecule has 2 amide bonds. The number of nitrogens with one attached hydrogen (secondary N) is 1. The van der Waals surface area contributed by atoms with Gasteiger partial charge in [-0.25, -0.2) is 4.79 Å². The Balaban J connectivity index is 2.00. The molecule has 19 heavy (non-hydrogen) atoms. The first-order valence-electron chi connectivity index (χ1n) is 6.17. The topological polar surface area (TPSA) is 61.8 Å². The number of benzene rings is 1. The van der Waals surface area contributed by atoms with Gasteiger partial charge >= 0.3 is 6.03 Å². The summed E-state index contributed by atoms with van der Waals surface area (Å²) in [5, 5.41) is 12.8. The summed E-state index contributed by atoms with van der Waals surface area (Å²) < 4.78 is 5.05. The zero-order chi connectivity index (χ0) is 13.8. The molecule has 2 N–H and O–H groups in total. The molecule has 1 heterocycles. The minimum absolute atomic E-state index is 0.222. The van der Waals surface area contributed by atoms with Crippen LogP contribution >= 0.6 is 11.6 Å². The highest BCUT2D eigenvalue weighted by Crippen LogP contribution is 2.27. The molecule has 1 aliphatic heterocycles. The molecule has 1 saturated heterocycles. The number of methoxy groups -OCH3 is 1. The lowest BCUT2D eigenvalue weighted by molar-refractivity contribution is 0.0883. The predicted octanol–water partition coefficient (Wildman–Crippen LogP) is 2.34. The minimum Gasteiger partial charge on any atom is -0.495 e. The van der Waals surface area contributed by atoms with Gasteiger partial charge in [-0.2, -0.15) is 0 Å². The van der Waals surface area contributed by atoms with Crippen LogP contribution in [0.15, 0.2) is 18.2 Å². The second-order valence-corrected chi connectivity index (χ2v) is 4.93. The van der Waals surface area contributed by atoms with Crippen LogP contribution in [0.2, 0.25) is 5.02 Å². The van der Waals surface area contributed by atoms with E-state index in [4.69, 9.17) is 16.3 Å². The maximum absolute atomic E-state index is 12.0. The highest BCUT2D eigenvalue weighted by atomic mass is 35.5. The van der Waals surface area contributed by atoms with E-state index < -0.39 is 6.10 Å². The minimum atomic E-state index is -0.432. The SMILES string of the molecule is COc1ccc(NC(=O)N2CCCC(O)C2)cc1Cl. The molecule has 2 rings (SSSR count). The molecule has 0 bridgehead atoms. The first-order valence-corrected chi connectivity index (χ1v) is 6.55. The van der Waals surface area contributed by atoms with Crippen LogP contribution in [-0.4, -0.2) is 42.3 Å². The van der Waals surface area contributed by atoms with Crippen LogP contribution in [0.25, 0.3) is 0 Å². The molecule has 6 heteroatoms. The number of amides is 2. The van der Waals surface area contributed by atoms with Crippen molar-refractivity contribution in [3.63, 3.8) is 0 Å². The van der Waals surface area contributed by atoms with E-state index in [0.29, 0.717) is 29.5 Å². The summed E-state index contributed by atoms with van der Waals surface area (Å²) in [7, 11) is 1.54. The molecule has 5 nitrogen and oxygen atoms in total. The Bertz CT molecular complexity index is 467. The second kappa shape index (κ2) is 6.12. The number of carbonyl (C=O) groups is 1. The van der Waals surface area contributed by atoms with Gasteiger partial charge in [0.1, 0.15) is 5.75 Å². The third kappa shape index (κ3) is 3.52. The van der Waals surface area contributed by atoms with Crippen LogP contribution in [0.1, 0.15) is 12.8 Å². The monoisotopic (exact) mass is 284 g/mol. The Hall–Kier alpha value is -1.46. The molecule has 0 aliphatic carbocycles. The molecule has 0 aromatic heterocycles. The van der Waals surface area contributed by atoms with E-state index in [1.165, 1.54) is 7.11 Å². The number of hydrogen-bond donors (Lipinski definition) is 2. The first kappa shape index (κ1) is 14.0. The maximum atomic E-state index is 12.0. The summed E-state index contributed by atoms with van der Waals surface area (Å²) in [6.07, 6.45) is 1.13. The quantitative estimate of drug-likeness (QED) is 0.876. The fourth-order valence-corrected chi connectivity index (χ4v) is 2.34. The third-order valence-corrected chi connectivity index (χ3v) is 3.38. The normalized spacial score (nSPS) is 19.1. The lowest BCUT2D eigenvalue weighted by Crippen LogP contribution is -2.44. The van der Waals surface area contributed by atoms with Crippen LogP contribution in [0, 0.1) is 0 Å². The molecule has 1 fully saturated rings. The average molecular weight is 285 g/mol. The number of ether oxygens (including phenoxy) is 1. The van der Waals surface area contributed by atoms with Crippen molar-refractivity contribution in [3.05, 3.63) is 23.2 Å². The number of urea groups is 1. The van der Waals surface area contributed by atoms with Crippen LogP contribution < -0.4 is 10.1 Å². The van der Waals surface area contributed by atoms with Crippen molar-refractivity contribution >= 4 is 23.3 Å². The summed E-state index contributed by atoms with van der Waals surface area (Å²) in [5.41, 5.74) is 0.607. The molecule has 104 valence electrons. The van der Waals surface area contributed by atoms with Crippen molar-refractivity contribution in [2.45, 2.75) is 18.9 Å². The average Bonchev–Trinajstić information content (AvgIpc) is 2.39. The number of piperidine rings is 1. The van der Waals surface area contributed by atoms with E-state index in [1.807, 2.05) is 0 Å². The third-order valence-electron chi connectivity index (χ3n) is 3.09. The molecule has 0 radical (unpaired) electrons. The van der Waals surface area contributed by atoms with E-state index in [2.05, 4.69) is 5.32 Å². The van der Waals surface area contributed by atoms with E-state index in [0.717, 1.165) is 12.8 Å². The van der Waals surface area contributed by atoms with Crippen molar-refractivity contribution in [1.29, 1.82) is 0 Å². The lowest BCUT2D eigenvalue weighted by atomic mass is 10.1. The summed E-state index contributed by atoms with van der Waals surface area (Å²) in [5.74, 6) is 0.563. The van der Waals surface area contributed by atoms with Gasteiger partial charge in [-0.15, -0.1) is 0 Å². The van der Waals surface area contributed by atoms with Gasteiger partial charge in [-0.3, -0.25) is 0 Å². The molecule has 1 aromatic carbocycles. The van der Waals surface area contributed by atoms with Gasteiger partial charge in [0.2, 0.25) is 0 Å². The number of anilines is 1. The van der Waals surface area contributed by atoms with Gasteiger partial charge in [0, 0.05) is 18.8 Å². The first-order chi connectivity index (χ1) is 9.10. The molecular formula is C13H17ClN2O3. The highest BCUT2D eigenvalue weighted by Gasteiger charge is 2.22. The van der Waals surface area contributed by atoms with E-state index >= 15 is 0 Å². The van der Waals surface area contributed by atoms with E-state index in [1.54, 1.807) is 23.1 Å². The summed E-state index contributed by atoms with van der Waals surface area (Å²) in [6, 6.07) is 4.84. The van der Waals surface area contributed by atoms with Gasteiger partial charge < -0.3 is 20.1 Å². The van der Waals surface area contributed by atoms with Crippen LogP contribution in [-0.2, 0) is 0 Å².